The zero-order valence-corrected chi connectivity index (χ0v) is 17.8. The smallest absolute Gasteiger partial charge is 0.254 e. The van der Waals surface area contributed by atoms with Gasteiger partial charge in [0.25, 0.3) is 5.91 Å². The van der Waals surface area contributed by atoms with Gasteiger partial charge in [0.15, 0.2) is 0 Å². The third-order valence-corrected chi connectivity index (χ3v) is 5.83. The van der Waals surface area contributed by atoms with E-state index < -0.39 is 15.9 Å². The number of nitrogens with zero attached hydrogens (tertiary/aromatic N) is 2. The quantitative estimate of drug-likeness (QED) is 0.753. The molecule has 8 nitrogen and oxygen atoms in total. The molecule has 1 N–H and O–H groups in total. The van der Waals surface area contributed by atoms with Crippen LogP contribution in [0.1, 0.15) is 15.9 Å². The summed E-state index contributed by atoms with van der Waals surface area (Å²) in [6.07, 6.45) is 1.04. The summed E-state index contributed by atoms with van der Waals surface area (Å²) in [6, 6.07) is 13.5. The molecule has 0 radical (unpaired) electrons. The van der Waals surface area contributed by atoms with Crippen LogP contribution in [0.3, 0.4) is 0 Å². The highest BCUT2D eigenvalue weighted by Gasteiger charge is 2.23. The first-order valence-corrected chi connectivity index (χ1v) is 11.4. The molecule has 0 unspecified atom stereocenters. The number of sulfonamides is 1. The van der Waals surface area contributed by atoms with Crippen molar-refractivity contribution < 1.29 is 22.7 Å². The van der Waals surface area contributed by atoms with Crippen molar-refractivity contribution in [3.63, 3.8) is 0 Å². The second-order valence-corrected chi connectivity index (χ2v) is 9.05. The summed E-state index contributed by atoms with van der Waals surface area (Å²) in [6.45, 7) is 3.58. The molecule has 0 atom stereocenters. The van der Waals surface area contributed by atoms with Crippen LogP contribution in [0.4, 0.5) is 11.4 Å². The van der Waals surface area contributed by atoms with E-state index in [1.54, 1.807) is 29.2 Å². The number of aryl methyl sites for hydroxylation is 1. The lowest BCUT2D eigenvalue weighted by Gasteiger charge is -2.27. The van der Waals surface area contributed by atoms with E-state index in [-0.39, 0.29) is 12.5 Å². The Bertz CT molecular complexity index is 1020. The van der Waals surface area contributed by atoms with Gasteiger partial charge in [-0.25, -0.2) is 8.42 Å². The molecule has 0 aromatic heterocycles. The molecule has 30 heavy (non-hydrogen) atoms. The minimum Gasteiger partial charge on any atom is -0.378 e. The first-order chi connectivity index (χ1) is 14.2. The van der Waals surface area contributed by atoms with Crippen LogP contribution >= 0.6 is 0 Å². The van der Waals surface area contributed by atoms with Crippen molar-refractivity contribution in [2.75, 3.05) is 48.7 Å². The third kappa shape index (κ3) is 5.58. The highest BCUT2D eigenvalue weighted by molar-refractivity contribution is 7.92. The van der Waals surface area contributed by atoms with E-state index in [2.05, 4.69) is 5.32 Å². The molecule has 9 heteroatoms. The summed E-state index contributed by atoms with van der Waals surface area (Å²) in [4.78, 5) is 26.7. The van der Waals surface area contributed by atoms with Crippen LogP contribution < -0.4 is 9.62 Å². The molecule has 3 rings (SSSR count). The third-order valence-electron chi connectivity index (χ3n) is 4.69. The maximum absolute atomic E-state index is 12.6. The SMILES string of the molecule is Cc1cccc(NC(=O)CN(c2ccc(C(=O)N3CCOCC3)cc2)S(C)(=O)=O)c1. The Morgan fingerprint density at radius 3 is 2.37 bits per heavy atom. The van der Waals surface area contributed by atoms with E-state index in [4.69, 9.17) is 4.74 Å². The largest absolute Gasteiger partial charge is 0.378 e. The second-order valence-electron chi connectivity index (χ2n) is 7.14. The zero-order chi connectivity index (χ0) is 21.7. The van der Waals surface area contributed by atoms with Crippen molar-refractivity contribution in [1.82, 2.24) is 4.90 Å². The molecule has 0 aliphatic carbocycles. The van der Waals surface area contributed by atoms with Gasteiger partial charge < -0.3 is 15.0 Å². The van der Waals surface area contributed by atoms with Crippen LogP contribution in [-0.4, -0.2) is 64.2 Å². The number of rotatable bonds is 6. The summed E-state index contributed by atoms with van der Waals surface area (Å²) in [7, 11) is -3.71. The summed E-state index contributed by atoms with van der Waals surface area (Å²) in [5.74, 6) is -0.590. The Hall–Kier alpha value is -2.91. The van der Waals surface area contributed by atoms with Crippen LogP contribution in [0.25, 0.3) is 0 Å². The van der Waals surface area contributed by atoms with E-state index >= 15 is 0 Å². The minimum atomic E-state index is -3.71. The number of anilines is 2. The molecular weight excluding hydrogens is 406 g/mol. The van der Waals surface area contributed by atoms with Gasteiger partial charge in [-0.1, -0.05) is 12.1 Å². The van der Waals surface area contributed by atoms with E-state index in [1.807, 2.05) is 19.1 Å². The Balaban J connectivity index is 1.73. The standard InChI is InChI=1S/C21H25N3O5S/c1-16-4-3-5-18(14-16)22-20(25)15-24(30(2,27)28)19-8-6-17(7-9-19)21(26)23-10-12-29-13-11-23/h3-9,14H,10-13,15H2,1-2H3,(H,22,25). The van der Waals surface area contributed by atoms with Gasteiger partial charge in [0.2, 0.25) is 15.9 Å². The van der Waals surface area contributed by atoms with Gasteiger partial charge in [0.1, 0.15) is 6.54 Å². The van der Waals surface area contributed by atoms with Gasteiger partial charge in [0.05, 0.1) is 25.2 Å². The van der Waals surface area contributed by atoms with E-state index in [1.165, 1.54) is 12.1 Å². The normalized spacial score (nSPS) is 14.3. The molecule has 0 bridgehead atoms. The summed E-state index contributed by atoms with van der Waals surface area (Å²) >= 11 is 0. The number of benzene rings is 2. The number of hydrogen-bond acceptors (Lipinski definition) is 5. The molecule has 2 aromatic rings. The van der Waals surface area contributed by atoms with Gasteiger partial charge >= 0.3 is 0 Å². The fourth-order valence-corrected chi connectivity index (χ4v) is 4.03. The van der Waals surface area contributed by atoms with Crippen molar-refractivity contribution in [2.24, 2.45) is 0 Å². The number of carbonyl (C=O) groups excluding carboxylic acids is 2. The number of ether oxygens (including phenoxy) is 1. The molecule has 0 saturated carbocycles. The first-order valence-electron chi connectivity index (χ1n) is 9.55. The number of amides is 2. The van der Waals surface area contributed by atoms with E-state index in [0.29, 0.717) is 43.2 Å². The number of hydrogen-bond donors (Lipinski definition) is 1. The Kier molecular flexibility index (Phi) is 6.73. The molecule has 1 aliphatic rings. The van der Waals surface area contributed by atoms with E-state index in [0.717, 1.165) is 16.1 Å². The van der Waals surface area contributed by atoms with Crippen molar-refractivity contribution in [3.8, 4) is 0 Å². The van der Waals surface area contributed by atoms with Crippen LogP contribution in [0.5, 0.6) is 0 Å². The topological polar surface area (TPSA) is 96.0 Å². The molecule has 1 fully saturated rings. The average molecular weight is 432 g/mol. The predicted octanol–water partition coefficient (Wildman–Crippen LogP) is 1.87. The number of nitrogens with one attached hydrogen (secondary N) is 1. The van der Waals surface area contributed by atoms with Gasteiger partial charge in [-0.2, -0.15) is 0 Å². The second kappa shape index (κ2) is 9.27. The summed E-state index contributed by atoms with van der Waals surface area (Å²) in [5, 5.41) is 2.71. The van der Waals surface area contributed by atoms with Gasteiger partial charge in [-0.3, -0.25) is 13.9 Å². The summed E-state index contributed by atoms with van der Waals surface area (Å²) in [5.41, 5.74) is 2.35. The van der Waals surface area contributed by atoms with Crippen LogP contribution in [0, 0.1) is 6.92 Å². The summed E-state index contributed by atoms with van der Waals surface area (Å²) < 4.78 is 30.9. The molecule has 2 amide bonds. The maximum atomic E-state index is 12.6. The molecule has 1 aliphatic heterocycles. The lowest BCUT2D eigenvalue weighted by atomic mass is 10.1. The average Bonchev–Trinajstić information content (AvgIpc) is 2.71. The Morgan fingerprint density at radius 2 is 1.77 bits per heavy atom. The first kappa shape index (κ1) is 21.8. The monoisotopic (exact) mass is 431 g/mol. The number of morpholine rings is 1. The number of carbonyl (C=O) groups is 2. The van der Waals surface area contributed by atoms with Crippen molar-refractivity contribution in [1.29, 1.82) is 0 Å². The fourth-order valence-electron chi connectivity index (χ4n) is 3.17. The van der Waals surface area contributed by atoms with Gasteiger partial charge in [-0.15, -0.1) is 0 Å². The molecular formula is C21H25N3O5S. The van der Waals surface area contributed by atoms with Gasteiger partial charge in [-0.05, 0) is 48.9 Å². The molecule has 160 valence electrons. The molecule has 2 aromatic carbocycles. The van der Waals surface area contributed by atoms with Crippen molar-refractivity contribution in [2.45, 2.75) is 6.92 Å². The predicted molar refractivity (Wildman–Crippen MR) is 115 cm³/mol. The maximum Gasteiger partial charge on any atom is 0.254 e. The van der Waals surface area contributed by atoms with Crippen molar-refractivity contribution in [3.05, 3.63) is 59.7 Å². The van der Waals surface area contributed by atoms with Crippen LogP contribution in [0.2, 0.25) is 0 Å². The molecule has 0 spiro atoms. The van der Waals surface area contributed by atoms with Crippen LogP contribution in [0.15, 0.2) is 48.5 Å². The fraction of sp³-hybridized carbons (Fsp3) is 0.333. The van der Waals surface area contributed by atoms with Crippen molar-refractivity contribution >= 4 is 33.2 Å². The zero-order valence-electron chi connectivity index (χ0n) is 17.0. The molecule has 1 saturated heterocycles. The van der Waals surface area contributed by atoms with E-state index in [9.17, 15) is 18.0 Å². The highest BCUT2D eigenvalue weighted by atomic mass is 32.2. The Labute approximate surface area is 176 Å². The van der Waals surface area contributed by atoms with Gasteiger partial charge in [0, 0.05) is 24.3 Å². The lowest BCUT2D eigenvalue weighted by molar-refractivity contribution is -0.114. The Morgan fingerprint density at radius 1 is 1.10 bits per heavy atom. The lowest BCUT2D eigenvalue weighted by Crippen LogP contribution is -2.40. The molecule has 1 heterocycles. The minimum absolute atomic E-state index is 0.132. The van der Waals surface area contributed by atoms with Crippen LogP contribution in [-0.2, 0) is 19.6 Å². The highest BCUT2D eigenvalue weighted by Crippen LogP contribution is 2.20.